The first kappa shape index (κ1) is 25.5. The molecule has 0 bridgehead atoms. The Kier molecular flexibility index (Phi) is 7.92. The van der Waals surface area contributed by atoms with Gasteiger partial charge in [-0.25, -0.2) is 8.42 Å². The third-order valence-electron chi connectivity index (χ3n) is 5.25. The van der Waals surface area contributed by atoms with Crippen LogP contribution in [0.25, 0.3) is 0 Å². The maximum atomic E-state index is 12.8. The highest BCUT2D eigenvalue weighted by Gasteiger charge is 2.18. The Morgan fingerprint density at radius 1 is 1.00 bits per heavy atom. The Bertz CT molecular complexity index is 1330. The molecule has 0 aliphatic carbocycles. The smallest absolute Gasteiger partial charge is 0.270 e. The van der Waals surface area contributed by atoms with Crippen LogP contribution in [0.1, 0.15) is 15.9 Å². The highest BCUT2D eigenvalue weighted by molar-refractivity contribution is 7.92. The summed E-state index contributed by atoms with van der Waals surface area (Å²) in [6, 6.07) is 16.3. The Morgan fingerprint density at radius 3 is 2.31 bits per heavy atom. The number of methoxy groups -OCH3 is 2. The Hall–Kier alpha value is -4.12. The van der Waals surface area contributed by atoms with E-state index >= 15 is 0 Å². The third-order valence-corrected chi connectivity index (χ3v) is 6.63. The van der Waals surface area contributed by atoms with Crippen LogP contribution in [0.2, 0.25) is 0 Å². The molecule has 0 aromatic heterocycles. The minimum atomic E-state index is -4.04. The maximum Gasteiger partial charge on any atom is 0.270 e. The summed E-state index contributed by atoms with van der Waals surface area (Å²) in [7, 11) is 0.768. The summed E-state index contributed by atoms with van der Waals surface area (Å²) < 4.78 is 38.1. The van der Waals surface area contributed by atoms with E-state index < -0.39 is 14.9 Å². The number of anilines is 1. The van der Waals surface area contributed by atoms with E-state index in [0.717, 1.165) is 11.6 Å². The van der Waals surface area contributed by atoms with Crippen LogP contribution in [-0.4, -0.2) is 52.0 Å². The van der Waals surface area contributed by atoms with Crippen LogP contribution in [0.5, 0.6) is 11.5 Å². The van der Waals surface area contributed by atoms with E-state index in [-0.39, 0.29) is 22.2 Å². The summed E-state index contributed by atoms with van der Waals surface area (Å²) in [6.07, 6.45) is 0.601. The Morgan fingerprint density at radius 2 is 1.69 bits per heavy atom. The van der Waals surface area contributed by atoms with E-state index in [1.807, 2.05) is 18.2 Å². The lowest BCUT2D eigenvalue weighted by Gasteiger charge is -2.18. The van der Waals surface area contributed by atoms with E-state index in [2.05, 4.69) is 4.72 Å². The number of carbonyl (C=O) groups is 1. The lowest BCUT2D eigenvalue weighted by atomic mass is 10.1. The van der Waals surface area contributed by atoms with Crippen molar-refractivity contribution in [3.63, 3.8) is 0 Å². The normalized spacial score (nSPS) is 10.9. The fourth-order valence-corrected chi connectivity index (χ4v) is 4.41. The fourth-order valence-electron chi connectivity index (χ4n) is 3.31. The van der Waals surface area contributed by atoms with Gasteiger partial charge in [0, 0.05) is 37.0 Å². The van der Waals surface area contributed by atoms with E-state index in [4.69, 9.17) is 9.47 Å². The number of nitrogens with one attached hydrogen (secondary N) is 1. The number of hydrogen-bond acceptors (Lipinski definition) is 7. The lowest BCUT2D eigenvalue weighted by Crippen LogP contribution is -2.28. The van der Waals surface area contributed by atoms with Gasteiger partial charge >= 0.3 is 0 Å². The van der Waals surface area contributed by atoms with Gasteiger partial charge in [-0.2, -0.15) is 0 Å². The van der Waals surface area contributed by atoms with Gasteiger partial charge in [-0.15, -0.1) is 0 Å². The topological polar surface area (TPSA) is 128 Å². The van der Waals surface area contributed by atoms with Crippen LogP contribution < -0.4 is 14.2 Å². The molecule has 1 N–H and O–H groups in total. The molecule has 0 saturated carbocycles. The highest BCUT2D eigenvalue weighted by atomic mass is 32.2. The van der Waals surface area contributed by atoms with Crippen molar-refractivity contribution < 1.29 is 27.6 Å². The van der Waals surface area contributed by atoms with Gasteiger partial charge in [0.25, 0.3) is 21.6 Å². The molecule has 0 atom stereocenters. The second-order valence-corrected chi connectivity index (χ2v) is 9.29. The second kappa shape index (κ2) is 10.9. The van der Waals surface area contributed by atoms with E-state index in [9.17, 15) is 23.3 Å². The van der Waals surface area contributed by atoms with Gasteiger partial charge in [0.15, 0.2) is 11.5 Å². The number of ether oxygens (including phenoxy) is 2. The molecule has 184 valence electrons. The van der Waals surface area contributed by atoms with E-state index in [1.165, 1.54) is 42.5 Å². The molecule has 3 aromatic rings. The second-order valence-electron chi connectivity index (χ2n) is 7.60. The van der Waals surface area contributed by atoms with Crippen molar-refractivity contribution in [2.45, 2.75) is 11.3 Å². The number of likely N-dealkylation sites (N-methyl/N-ethyl adjacent to an activating group) is 1. The highest BCUT2D eigenvalue weighted by Crippen LogP contribution is 2.28. The van der Waals surface area contributed by atoms with Crippen LogP contribution in [0.3, 0.4) is 0 Å². The molecule has 3 aromatic carbocycles. The van der Waals surface area contributed by atoms with Crippen molar-refractivity contribution in [3.05, 3.63) is 88.0 Å². The average Bonchev–Trinajstić information content (AvgIpc) is 2.86. The number of rotatable bonds is 10. The summed E-state index contributed by atoms with van der Waals surface area (Å²) in [5.41, 5.74) is 1.26. The molecule has 35 heavy (non-hydrogen) atoms. The summed E-state index contributed by atoms with van der Waals surface area (Å²) >= 11 is 0. The van der Waals surface area contributed by atoms with Crippen molar-refractivity contribution >= 4 is 27.3 Å². The predicted molar refractivity (Wildman–Crippen MR) is 131 cm³/mol. The van der Waals surface area contributed by atoms with Crippen molar-refractivity contribution in [1.82, 2.24) is 4.90 Å². The zero-order valence-electron chi connectivity index (χ0n) is 19.4. The van der Waals surface area contributed by atoms with Gasteiger partial charge in [-0.1, -0.05) is 12.1 Å². The van der Waals surface area contributed by atoms with Crippen LogP contribution >= 0.6 is 0 Å². The summed E-state index contributed by atoms with van der Waals surface area (Å²) in [5, 5.41) is 10.9. The van der Waals surface area contributed by atoms with Gasteiger partial charge < -0.3 is 14.4 Å². The first-order valence-corrected chi connectivity index (χ1v) is 12.0. The average molecular weight is 500 g/mol. The number of carbonyl (C=O) groups excluding carboxylic acids is 1. The van der Waals surface area contributed by atoms with E-state index in [1.54, 1.807) is 26.2 Å². The Labute approximate surface area is 203 Å². The quantitative estimate of drug-likeness (QED) is 0.332. The predicted octanol–water partition coefficient (Wildman–Crippen LogP) is 3.73. The van der Waals surface area contributed by atoms with Gasteiger partial charge in [0.2, 0.25) is 0 Å². The van der Waals surface area contributed by atoms with Crippen molar-refractivity contribution in [2.24, 2.45) is 0 Å². The summed E-state index contributed by atoms with van der Waals surface area (Å²) in [6.45, 7) is 0.454. The molecule has 0 heterocycles. The molecule has 0 unspecified atom stereocenters. The Balaban J connectivity index is 1.64. The van der Waals surface area contributed by atoms with Gasteiger partial charge in [0.1, 0.15) is 0 Å². The first-order valence-electron chi connectivity index (χ1n) is 10.5. The zero-order valence-corrected chi connectivity index (χ0v) is 20.2. The zero-order chi connectivity index (χ0) is 25.6. The minimum Gasteiger partial charge on any atom is -0.493 e. The molecule has 0 spiro atoms. The molecular weight excluding hydrogens is 474 g/mol. The monoisotopic (exact) mass is 499 g/mol. The molecule has 0 aliphatic rings. The molecular formula is C24H25N3O7S. The van der Waals surface area contributed by atoms with E-state index in [0.29, 0.717) is 30.0 Å². The summed E-state index contributed by atoms with van der Waals surface area (Å²) in [5.74, 6) is 1.02. The molecule has 3 rings (SSSR count). The minimum absolute atomic E-state index is 0.223. The van der Waals surface area contributed by atoms with Crippen LogP contribution in [0.15, 0.2) is 71.6 Å². The van der Waals surface area contributed by atoms with Crippen LogP contribution in [-0.2, 0) is 16.4 Å². The molecule has 0 fully saturated rings. The molecule has 1 amide bonds. The fraction of sp³-hybridized carbons (Fsp3) is 0.208. The molecule has 0 aliphatic heterocycles. The van der Waals surface area contributed by atoms with Crippen molar-refractivity contribution in [3.8, 4) is 11.5 Å². The standard InChI is InChI=1S/C24H25N3O7S/c1-26(14-13-17-7-12-22(33-2)23(15-17)34-3)24(28)18-8-10-19(11-9-18)25-35(31,32)21-6-4-5-20(16-21)27(29)30/h4-12,15-16,25H,13-14H2,1-3H3. The van der Waals surface area contributed by atoms with Crippen LogP contribution in [0.4, 0.5) is 11.4 Å². The van der Waals surface area contributed by atoms with Crippen molar-refractivity contribution in [1.29, 1.82) is 0 Å². The van der Waals surface area contributed by atoms with Gasteiger partial charge in [-0.05, 0) is 54.4 Å². The SMILES string of the molecule is COc1ccc(CCN(C)C(=O)c2ccc(NS(=O)(=O)c3cccc([N+](=O)[O-])c3)cc2)cc1OC. The number of sulfonamides is 1. The molecule has 11 heteroatoms. The number of benzene rings is 3. The first-order chi connectivity index (χ1) is 16.6. The number of nitro benzene ring substituents is 1. The third kappa shape index (κ3) is 6.27. The summed E-state index contributed by atoms with van der Waals surface area (Å²) in [4.78, 5) is 24.4. The number of hydrogen-bond donors (Lipinski definition) is 1. The van der Waals surface area contributed by atoms with Gasteiger partial charge in [-0.3, -0.25) is 19.6 Å². The molecule has 0 saturated heterocycles. The van der Waals surface area contributed by atoms with Crippen molar-refractivity contribution in [2.75, 3.05) is 32.5 Å². The van der Waals surface area contributed by atoms with Crippen LogP contribution in [0, 0.1) is 10.1 Å². The molecule has 10 nitrogen and oxygen atoms in total. The maximum absolute atomic E-state index is 12.8. The largest absolute Gasteiger partial charge is 0.493 e. The number of non-ortho nitro benzene ring substituents is 1. The number of nitrogens with zero attached hydrogens (tertiary/aromatic N) is 2. The number of amides is 1. The number of nitro groups is 1. The lowest BCUT2D eigenvalue weighted by molar-refractivity contribution is -0.385. The van der Waals surface area contributed by atoms with Gasteiger partial charge in [0.05, 0.1) is 24.0 Å². The molecule has 0 radical (unpaired) electrons.